The molecule has 1 amide bonds. The molecule has 0 aliphatic rings. The number of sulfonamides is 1. The monoisotopic (exact) mass is 446 g/mol. The number of hydrogen-bond donors (Lipinski definition) is 2. The highest BCUT2D eigenvalue weighted by atomic mass is 35.5. The molecular formula is C18H20Cl2N2O5S. The summed E-state index contributed by atoms with van der Waals surface area (Å²) in [6.07, 6.45) is 0. The van der Waals surface area contributed by atoms with Gasteiger partial charge in [-0.3, -0.25) is 4.79 Å². The Morgan fingerprint density at radius 3 is 2.46 bits per heavy atom. The molecule has 28 heavy (non-hydrogen) atoms. The fourth-order valence-electron chi connectivity index (χ4n) is 2.43. The number of carbonyl (C=O) groups is 1. The highest BCUT2D eigenvalue weighted by molar-refractivity contribution is 7.89. The zero-order chi connectivity index (χ0) is 20.9. The molecule has 0 aromatic heterocycles. The number of benzene rings is 2. The van der Waals surface area contributed by atoms with Crippen LogP contribution in [-0.4, -0.2) is 41.2 Å². The minimum Gasteiger partial charge on any atom is -0.495 e. The molecule has 7 nitrogen and oxygen atoms in total. The van der Waals surface area contributed by atoms with Gasteiger partial charge in [-0.2, -0.15) is 0 Å². The van der Waals surface area contributed by atoms with Gasteiger partial charge in [-0.05, 0) is 43.3 Å². The first-order valence-electron chi connectivity index (χ1n) is 8.13. The topological polar surface area (TPSA) is 93.7 Å². The average Bonchev–Trinajstić information content (AvgIpc) is 2.61. The molecule has 0 radical (unpaired) electrons. The molecule has 152 valence electrons. The average molecular weight is 447 g/mol. The van der Waals surface area contributed by atoms with E-state index in [2.05, 4.69) is 10.0 Å². The van der Waals surface area contributed by atoms with Crippen molar-refractivity contribution in [3.05, 3.63) is 52.0 Å². The smallest absolute Gasteiger partial charge is 0.257 e. The van der Waals surface area contributed by atoms with Gasteiger partial charge in [0.1, 0.15) is 5.75 Å². The second-order valence-electron chi connectivity index (χ2n) is 5.92. The highest BCUT2D eigenvalue weighted by Gasteiger charge is 2.20. The molecule has 2 rings (SSSR count). The maximum absolute atomic E-state index is 12.6. The van der Waals surface area contributed by atoms with Gasteiger partial charge in [-0.1, -0.05) is 23.2 Å². The first-order valence-corrected chi connectivity index (χ1v) is 10.4. The van der Waals surface area contributed by atoms with Crippen LogP contribution in [0.15, 0.2) is 41.3 Å². The molecule has 2 aromatic rings. The van der Waals surface area contributed by atoms with Gasteiger partial charge < -0.3 is 14.8 Å². The van der Waals surface area contributed by atoms with Crippen LogP contribution in [0.5, 0.6) is 5.75 Å². The van der Waals surface area contributed by atoms with Crippen molar-refractivity contribution >= 4 is 44.8 Å². The van der Waals surface area contributed by atoms with Gasteiger partial charge in [0.05, 0.1) is 34.9 Å². The van der Waals surface area contributed by atoms with E-state index in [9.17, 15) is 13.2 Å². The molecule has 0 bridgehead atoms. The Labute approximate surface area is 174 Å². The third-order valence-corrected chi connectivity index (χ3v) is 5.81. The number of methoxy groups -OCH3 is 2. The summed E-state index contributed by atoms with van der Waals surface area (Å²) in [5.74, 6) is -0.238. The van der Waals surface area contributed by atoms with Crippen LogP contribution in [0.25, 0.3) is 0 Å². The first kappa shape index (κ1) is 22.4. The summed E-state index contributed by atoms with van der Waals surface area (Å²) in [5, 5.41) is 3.18. The maximum atomic E-state index is 12.6. The van der Waals surface area contributed by atoms with Crippen LogP contribution >= 0.6 is 23.2 Å². The number of carbonyl (C=O) groups excluding carboxylic acids is 1. The Balaban J connectivity index is 2.33. The molecule has 2 N–H and O–H groups in total. The quantitative estimate of drug-likeness (QED) is 0.646. The van der Waals surface area contributed by atoms with E-state index in [0.29, 0.717) is 10.8 Å². The van der Waals surface area contributed by atoms with E-state index in [4.69, 9.17) is 32.7 Å². The molecule has 2 aromatic carbocycles. The van der Waals surface area contributed by atoms with Gasteiger partial charge in [0.25, 0.3) is 5.91 Å². The minimum absolute atomic E-state index is 0.0336. The van der Waals surface area contributed by atoms with Gasteiger partial charge in [0.2, 0.25) is 10.0 Å². The lowest BCUT2D eigenvalue weighted by Crippen LogP contribution is -2.35. The molecular weight excluding hydrogens is 427 g/mol. The largest absolute Gasteiger partial charge is 0.495 e. The predicted molar refractivity (Wildman–Crippen MR) is 109 cm³/mol. The summed E-state index contributed by atoms with van der Waals surface area (Å²) < 4.78 is 37.8. The Bertz CT molecular complexity index is 966. The number of hydrogen-bond acceptors (Lipinski definition) is 5. The van der Waals surface area contributed by atoms with Crippen molar-refractivity contribution < 1.29 is 22.7 Å². The normalized spacial score (nSPS) is 12.5. The van der Waals surface area contributed by atoms with Crippen LogP contribution in [-0.2, 0) is 14.8 Å². The number of nitrogens with one attached hydrogen (secondary N) is 2. The molecule has 0 saturated heterocycles. The fourth-order valence-corrected chi connectivity index (χ4v) is 4.18. The number of rotatable bonds is 8. The van der Waals surface area contributed by atoms with Gasteiger partial charge >= 0.3 is 0 Å². The van der Waals surface area contributed by atoms with Crippen molar-refractivity contribution in [3.63, 3.8) is 0 Å². The Hall–Kier alpha value is -1.84. The standard InChI is InChI=1S/C18H20Cl2N2O5S/c1-11(10-26-2)22-28(24,25)13-5-7-17(27-3)16(9-13)21-18(23)14-6-4-12(19)8-15(14)20/h4-9,11,22H,10H2,1-3H3,(H,21,23)/t11-/m0/s1. The van der Waals surface area contributed by atoms with Crippen LogP contribution in [0.4, 0.5) is 5.69 Å². The van der Waals surface area contributed by atoms with Crippen LogP contribution < -0.4 is 14.8 Å². The third kappa shape index (κ3) is 5.59. The van der Waals surface area contributed by atoms with Crippen LogP contribution in [0.3, 0.4) is 0 Å². The summed E-state index contributed by atoms with van der Waals surface area (Å²) in [5.41, 5.74) is 0.369. The minimum atomic E-state index is -3.82. The Morgan fingerprint density at radius 2 is 1.86 bits per heavy atom. The van der Waals surface area contributed by atoms with E-state index in [1.165, 1.54) is 50.6 Å². The van der Waals surface area contributed by atoms with Crippen LogP contribution in [0, 0.1) is 0 Å². The highest BCUT2D eigenvalue weighted by Crippen LogP contribution is 2.29. The molecule has 0 heterocycles. The number of ether oxygens (including phenoxy) is 2. The summed E-state index contributed by atoms with van der Waals surface area (Å²) in [4.78, 5) is 12.5. The maximum Gasteiger partial charge on any atom is 0.257 e. The molecule has 1 atom stereocenters. The molecule has 10 heteroatoms. The zero-order valence-corrected chi connectivity index (χ0v) is 17.8. The second kappa shape index (κ2) is 9.58. The SMILES string of the molecule is COC[C@H](C)NS(=O)(=O)c1ccc(OC)c(NC(=O)c2ccc(Cl)cc2Cl)c1. The summed E-state index contributed by atoms with van der Waals surface area (Å²) >= 11 is 11.9. The first-order chi connectivity index (χ1) is 13.2. The van der Waals surface area contributed by atoms with E-state index in [-0.39, 0.29) is 27.8 Å². The number of anilines is 1. The summed E-state index contributed by atoms with van der Waals surface area (Å²) in [6, 6.07) is 8.16. The van der Waals surface area contributed by atoms with Crippen molar-refractivity contribution in [2.75, 3.05) is 26.1 Å². The lowest BCUT2D eigenvalue weighted by Gasteiger charge is -2.16. The lowest BCUT2D eigenvalue weighted by molar-refractivity contribution is 0.102. The third-order valence-electron chi connectivity index (χ3n) is 3.68. The molecule has 0 fully saturated rings. The van der Waals surface area contributed by atoms with Gasteiger partial charge in [0, 0.05) is 18.2 Å². The van der Waals surface area contributed by atoms with Crippen molar-refractivity contribution in [2.24, 2.45) is 0 Å². The second-order valence-corrected chi connectivity index (χ2v) is 8.48. The van der Waals surface area contributed by atoms with Gasteiger partial charge in [0.15, 0.2) is 0 Å². The van der Waals surface area contributed by atoms with Gasteiger partial charge in [-0.25, -0.2) is 13.1 Å². The Morgan fingerprint density at radius 1 is 1.14 bits per heavy atom. The van der Waals surface area contributed by atoms with Crippen LogP contribution in [0.1, 0.15) is 17.3 Å². The molecule has 0 spiro atoms. The van der Waals surface area contributed by atoms with Crippen molar-refractivity contribution in [2.45, 2.75) is 17.9 Å². The van der Waals surface area contributed by atoms with E-state index in [1.807, 2.05) is 0 Å². The van der Waals surface area contributed by atoms with E-state index < -0.39 is 22.0 Å². The number of halogens is 2. The molecule has 0 saturated carbocycles. The van der Waals surface area contributed by atoms with E-state index >= 15 is 0 Å². The number of amides is 1. The van der Waals surface area contributed by atoms with Crippen molar-refractivity contribution in [3.8, 4) is 5.75 Å². The lowest BCUT2D eigenvalue weighted by atomic mass is 10.2. The van der Waals surface area contributed by atoms with Gasteiger partial charge in [-0.15, -0.1) is 0 Å². The van der Waals surface area contributed by atoms with Crippen molar-refractivity contribution in [1.82, 2.24) is 4.72 Å². The molecule has 0 unspecified atom stereocenters. The van der Waals surface area contributed by atoms with E-state index in [1.54, 1.807) is 6.92 Å². The molecule has 0 aliphatic heterocycles. The van der Waals surface area contributed by atoms with Crippen LogP contribution in [0.2, 0.25) is 10.0 Å². The fraction of sp³-hybridized carbons (Fsp3) is 0.278. The summed E-state index contributed by atoms with van der Waals surface area (Å²) in [6.45, 7) is 1.89. The zero-order valence-electron chi connectivity index (χ0n) is 15.5. The summed E-state index contributed by atoms with van der Waals surface area (Å²) in [7, 11) is -0.934. The van der Waals surface area contributed by atoms with Crippen molar-refractivity contribution in [1.29, 1.82) is 0 Å². The van der Waals surface area contributed by atoms with E-state index in [0.717, 1.165) is 0 Å². The molecule has 0 aliphatic carbocycles. The Kier molecular flexibility index (Phi) is 7.68. The predicted octanol–water partition coefficient (Wildman–Crippen LogP) is 3.57.